The quantitative estimate of drug-likeness (QED) is 0.738. The summed E-state index contributed by atoms with van der Waals surface area (Å²) in [6, 6.07) is 0. The van der Waals surface area contributed by atoms with Crippen LogP contribution in [0.4, 0.5) is 0 Å². The number of hydrogen-bond donors (Lipinski definition) is 1. The first-order chi connectivity index (χ1) is 8.52. The van der Waals surface area contributed by atoms with Crippen LogP contribution in [0.15, 0.2) is 0 Å². The summed E-state index contributed by atoms with van der Waals surface area (Å²) in [6.07, 6.45) is 1.31. The molecule has 7 nitrogen and oxygen atoms in total. The highest BCUT2D eigenvalue weighted by Gasteiger charge is 2.16. The van der Waals surface area contributed by atoms with Gasteiger partial charge in [0.05, 0.1) is 19.1 Å². The predicted octanol–water partition coefficient (Wildman–Crippen LogP) is 0.751. The monoisotopic (exact) mass is 256 g/mol. The zero-order valence-electron chi connectivity index (χ0n) is 11.0. The molecule has 0 saturated carbocycles. The zero-order valence-corrected chi connectivity index (χ0v) is 11.0. The van der Waals surface area contributed by atoms with Gasteiger partial charge in [-0.15, -0.1) is 5.10 Å². The summed E-state index contributed by atoms with van der Waals surface area (Å²) in [6.45, 7) is 4.64. The van der Waals surface area contributed by atoms with Crippen molar-refractivity contribution < 1.29 is 14.6 Å². The molecule has 1 N–H and O–H groups in total. The fourth-order valence-corrected chi connectivity index (χ4v) is 1.57. The van der Waals surface area contributed by atoms with Crippen molar-refractivity contribution in [3.8, 4) is 0 Å². The number of aliphatic carboxylic acids is 1. The number of aryl methyl sites for hydroxylation is 1. The maximum absolute atomic E-state index is 10.7. The van der Waals surface area contributed by atoms with Crippen LogP contribution in [0.25, 0.3) is 0 Å². The van der Waals surface area contributed by atoms with E-state index < -0.39 is 12.1 Å². The molecule has 1 aromatic heterocycles. The van der Waals surface area contributed by atoms with Crippen molar-refractivity contribution in [3.05, 3.63) is 5.82 Å². The minimum atomic E-state index is -0.890. The van der Waals surface area contributed by atoms with Gasteiger partial charge in [0, 0.05) is 13.5 Å². The Kier molecular flexibility index (Phi) is 5.70. The molecule has 7 heteroatoms. The highest BCUT2D eigenvalue weighted by molar-refractivity contribution is 5.67. The third-order valence-electron chi connectivity index (χ3n) is 2.66. The van der Waals surface area contributed by atoms with Crippen molar-refractivity contribution >= 4 is 5.97 Å². The second-order valence-electron chi connectivity index (χ2n) is 4.67. The Balaban J connectivity index is 2.60. The first-order valence-corrected chi connectivity index (χ1v) is 6.02. The lowest BCUT2D eigenvalue weighted by molar-refractivity contribution is -0.140. The first kappa shape index (κ1) is 14.6. The van der Waals surface area contributed by atoms with Gasteiger partial charge in [0.1, 0.15) is 0 Å². The highest BCUT2D eigenvalue weighted by atomic mass is 16.5. The maximum Gasteiger partial charge on any atom is 0.306 e. The molecule has 1 unspecified atom stereocenters. The van der Waals surface area contributed by atoms with Crippen LogP contribution in [-0.4, -0.2) is 44.5 Å². The van der Waals surface area contributed by atoms with Crippen LogP contribution in [0.3, 0.4) is 0 Å². The standard InChI is InChI=1S/C11H20N4O3/c1-8(2)4-5-10-12-13-14-15(10)7-9(18-3)6-11(16)17/h8-9H,4-7H2,1-3H3,(H,16,17). The number of carboxylic acid groups (broad SMARTS) is 1. The summed E-state index contributed by atoms with van der Waals surface area (Å²) in [7, 11) is 1.49. The van der Waals surface area contributed by atoms with E-state index in [4.69, 9.17) is 9.84 Å². The Morgan fingerprint density at radius 2 is 2.22 bits per heavy atom. The lowest BCUT2D eigenvalue weighted by Gasteiger charge is -2.13. The van der Waals surface area contributed by atoms with E-state index in [0.717, 1.165) is 18.7 Å². The molecule has 0 aromatic carbocycles. The lowest BCUT2D eigenvalue weighted by atomic mass is 10.1. The summed E-state index contributed by atoms with van der Waals surface area (Å²) in [4.78, 5) is 10.7. The Hall–Kier alpha value is -1.50. The topological polar surface area (TPSA) is 90.1 Å². The molecule has 0 aliphatic rings. The summed E-state index contributed by atoms with van der Waals surface area (Å²) in [5.74, 6) is 0.460. The molecular weight excluding hydrogens is 236 g/mol. The minimum absolute atomic E-state index is 0.0556. The van der Waals surface area contributed by atoms with E-state index in [9.17, 15) is 4.79 Å². The summed E-state index contributed by atoms with van der Waals surface area (Å²) >= 11 is 0. The number of nitrogens with zero attached hydrogens (tertiary/aromatic N) is 4. The van der Waals surface area contributed by atoms with Gasteiger partial charge in [-0.25, -0.2) is 4.68 Å². The van der Waals surface area contributed by atoms with Crippen molar-refractivity contribution in [1.82, 2.24) is 20.2 Å². The number of methoxy groups -OCH3 is 1. The van der Waals surface area contributed by atoms with E-state index in [0.29, 0.717) is 12.5 Å². The average molecular weight is 256 g/mol. The molecule has 0 spiro atoms. The molecule has 1 atom stereocenters. The van der Waals surface area contributed by atoms with Gasteiger partial charge in [0.15, 0.2) is 5.82 Å². The summed E-state index contributed by atoms with van der Waals surface area (Å²) in [5.41, 5.74) is 0. The molecule has 0 aliphatic carbocycles. The van der Waals surface area contributed by atoms with Crippen molar-refractivity contribution in [2.45, 2.75) is 45.8 Å². The molecule has 1 heterocycles. The van der Waals surface area contributed by atoms with Crippen molar-refractivity contribution in [3.63, 3.8) is 0 Å². The number of carboxylic acids is 1. The first-order valence-electron chi connectivity index (χ1n) is 6.02. The molecule has 0 bridgehead atoms. The van der Waals surface area contributed by atoms with Gasteiger partial charge in [-0.3, -0.25) is 4.79 Å². The largest absolute Gasteiger partial charge is 0.481 e. The number of rotatable bonds is 8. The Morgan fingerprint density at radius 3 is 2.78 bits per heavy atom. The van der Waals surface area contributed by atoms with Gasteiger partial charge in [-0.1, -0.05) is 13.8 Å². The van der Waals surface area contributed by atoms with E-state index in [-0.39, 0.29) is 6.42 Å². The average Bonchev–Trinajstić information content (AvgIpc) is 2.72. The van der Waals surface area contributed by atoms with Crippen LogP contribution in [0.5, 0.6) is 0 Å². The van der Waals surface area contributed by atoms with E-state index in [1.807, 2.05) is 0 Å². The Morgan fingerprint density at radius 1 is 1.50 bits per heavy atom. The Bertz CT molecular complexity index is 378. The van der Waals surface area contributed by atoms with Gasteiger partial charge in [-0.2, -0.15) is 0 Å². The second kappa shape index (κ2) is 7.05. The van der Waals surface area contributed by atoms with Crippen LogP contribution in [0, 0.1) is 5.92 Å². The SMILES string of the molecule is COC(CC(=O)O)Cn1nnnc1CCC(C)C. The zero-order chi connectivity index (χ0) is 13.5. The normalized spacial score (nSPS) is 12.9. The van der Waals surface area contributed by atoms with Crippen molar-refractivity contribution in [1.29, 1.82) is 0 Å². The molecular formula is C11H20N4O3. The molecule has 1 rings (SSSR count). The van der Waals surface area contributed by atoms with Gasteiger partial charge >= 0.3 is 5.97 Å². The van der Waals surface area contributed by atoms with Gasteiger partial charge in [0.25, 0.3) is 0 Å². The highest BCUT2D eigenvalue weighted by Crippen LogP contribution is 2.08. The molecule has 0 aliphatic heterocycles. The van der Waals surface area contributed by atoms with Crippen LogP contribution in [-0.2, 0) is 22.5 Å². The van der Waals surface area contributed by atoms with Crippen LogP contribution in [0.1, 0.15) is 32.5 Å². The third kappa shape index (κ3) is 4.79. The molecule has 0 amide bonds. The summed E-state index contributed by atoms with van der Waals surface area (Å²) < 4.78 is 6.74. The van der Waals surface area contributed by atoms with E-state index >= 15 is 0 Å². The number of aromatic nitrogens is 4. The smallest absolute Gasteiger partial charge is 0.306 e. The maximum atomic E-state index is 10.7. The number of carbonyl (C=O) groups is 1. The second-order valence-corrected chi connectivity index (χ2v) is 4.67. The fourth-order valence-electron chi connectivity index (χ4n) is 1.57. The number of ether oxygens (including phenoxy) is 1. The van der Waals surface area contributed by atoms with E-state index in [1.54, 1.807) is 4.68 Å². The predicted molar refractivity (Wildman–Crippen MR) is 64.0 cm³/mol. The van der Waals surface area contributed by atoms with Crippen LogP contribution >= 0.6 is 0 Å². The molecule has 0 saturated heterocycles. The summed E-state index contributed by atoms with van der Waals surface area (Å²) in [5, 5.41) is 20.2. The number of hydrogen-bond acceptors (Lipinski definition) is 5. The van der Waals surface area contributed by atoms with Gasteiger partial charge in [0.2, 0.25) is 0 Å². The van der Waals surface area contributed by atoms with Gasteiger partial charge in [-0.05, 0) is 22.8 Å². The molecule has 0 fully saturated rings. The van der Waals surface area contributed by atoms with E-state index in [1.165, 1.54) is 7.11 Å². The molecule has 0 radical (unpaired) electrons. The third-order valence-corrected chi connectivity index (χ3v) is 2.66. The Labute approximate surface area is 106 Å². The van der Waals surface area contributed by atoms with Crippen molar-refractivity contribution in [2.75, 3.05) is 7.11 Å². The van der Waals surface area contributed by atoms with Crippen LogP contribution in [0.2, 0.25) is 0 Å². The molecule has 102 valence electrons. The fraction of sp³-hybridized carbons (Fsp3) is 0.818. The van der Waals surface area contributed by atoms with Crippen molar-refractivity contribution in [2.24, 2.45) is 5.92 Å². The van der Waals surface area contributed by atoms with E-state index in [2.05, 4.69) is 29.4 Å². The molecule has 18 heavy (non-hydrogen) atoms. The number of tetrazole rings is 1. The molecule has 1 aromatic rings. The van der Waals surface area contributed by atoms with Gasteiger partial charge < -0.3 is 9.84 Å². The van der Waals surface area contributed by atoms with Crippen LogP contribution < -0.4 is 0 Å². The lowest BCUT2D eigenvalue weighted by Crippen LogP contribution is -2.24. The minimum Gasteiger partial charge on any atom is -0.481 e.